The normalized spacial score (nSPS) is 7.43. The molecule has 0 amide bonds. The van der Waals surface area contributed by atoms with E-state index in [9.17, 15) is 0 Å². The van der Waals surface area contributed by atoms with Gasteiger partial charge in [-0.1, -0.05) is 0 Å². The molecule has 1 heterocycles. The summed E-state index contributed by atoms with van der Waals surface area (Å²) in [5.74, 6) is 0. The molecule has 0 saturated heterocycles. The minimum Gasteiger partial charge on any atom is -0.721 e. The third-order valence-corrected chi connectivity index (χ3v) is 0.611. The smallest absolute Gasteiger partial charge is 0.721 e. The number of rotatable bonds is 0. The summed E-state index contributed by atoms with van der Waals surface area (Å²) < 4.78 is 4.54. The fraction of sp³-hybridized carbons (Fsp3) is 0. The fourth-order valence-electron chi connectivity index (χ4n) is 0.210. The SMILES string of the molecule is [Na+].[S-]c1ncco1. The first-order chi connectivity index (χ1) is 2.89. The molecule has 0 atom stereocenters. The van der Waals surface area contributed by atoms with Crippen LogP contribution in [-0.2, 0) is 12.6 Å². The van der Waals surface area contributed by atoms with Crippen LogP contribution in [0.5, 0.6) is 0 Å². The average Bonchev–Trinajstić information content (AvgIpc) is 1.86. The zero-order valence-electron chi connectivity index (χ0n) is 3.92. The van der Waals surface area contributed by atoms with Gasteiger partial charge in [0.15, 0.2) is 0 Å². The zero-order chi connectivity index (χ0) is 4.41. The van der Waals surface area contributed by atoms with Gasteiger partial charge in [0.25, 0.3) is 0 Å². The van der Waals surface area contributed by atoms with E-state index in [0.717, 1.165) is 0 Å². The van der Waals surface area contributed by atoms with Gasteiger partial charge in [-0.25, -0.2) is 4.98 Å². The third kappa shape index (κ3) is 2.29. The van der Waals surface area contributed by atoms with E-state index >= 15 is 0 Å². The Bertz CT molecular complexity index is 118. The number of aromatic nitrogens is 1. The van der Waals surface area contributed by atoms with Crippen molar-refractivity contribution in [2.75, 3.05) is 0 Å². The Balaban J connectivity index is 0.000000360. The first-order valence-electron chi connectivity index (χ1n) is 1.46. The van der Waals surface area contributed by atoms with Crippen LogP contribution in [0.15, 0.2) is 22.1 Å². The summed E-state index contributed by atoms with van der Waals surface area (Å²) >= 11 is 4.47. The summed E-state index contributed by atoms with van der Waals surface area (Å²) in [4.78, 5) is 3.56. The Morgan fingerprint density at radius 3 is 2.57 bits per heavy atom. The predicted octanol–water partition coefficient (Wildman–Crippen LogP) is -2.42. The Morgan fingerprint density at radius 1 is 1.71 bits per heavy atom. The van der Waals surface area contributed by atoms with Gasteiger partial charge in [-0.3, -0.25) is 0 Å². The molecule has 0 aliphatic carbocycles. The van der Waals surface area contributed by atoms with Crippen molar-refractivity contribution in [1.29, 1.82) is 0 Å². The topological polar surface area (TPSA) is 26.0 Å². The molecule has 7 heavy (non-hydrogen) atoms. The van der Waals surface area contributed by atoms with E-state index in [1.54, 1.807) is 0 Å². The van der Waals surface area contributed by atoms with Crippen molar-refractivity contribution in [2.45, 2.75) is 5.22 Å². The van der Waals surface area contributed by atoms with Gasteiger partial charge in [-0.2, -0.15) is 0 Å². The summed E-state index contributed by atoms with van der Waals surface area (Å²) in [6, 6.07) is 0. The molecule has 2 nitrogen and oxygen atoms in total. The van der Waals surface area contributed by atoms with Gasteiger partial charge in [0.1, 0.15) is 6.26 Å². The van der Waals surface area contributed by atoms with Crippen LogP contribution in [0.25, 0.3) is 0 Å². The van der Waals surface area contributed by atoms with E-state index in [1.165, 1.54) is 12.5 Å². The number of hydrogen-bond acceptors (Lipinski definition) is 3. The first kappa shape index (κ1) is 7.43. The quantitative estimate of drug-likeness (QED) is 0.284. The van der Waals surface area contributed by atoms with Crippen LogP contribution in [0.4, 0.5) is 0 Å². The van der Waals surface area contributed by atoms with Crippen molar-refractivity contribution < 1.29 is 34.0 Å². The maximum atomic E-state index is 4.54. The summed E-state index contributed by atoms with van der Waals surface area (Å²) in [6.45, 7) is 0. The number of oxazole rings is 1. The Hall–Kier alpha value is 0.430. The van der Waals surface area contributed by atoms with Crippen molar-refractivity contribution in [2.24, 2.45) is 0 Å². The van der Waals surface area contributed by atoms with Gasteiger partial charge in [-0.15, -0.1) is 0 Å². The van der Waals surface area contributed by atoms with Crippen molar-refractivity contribution in [3.05, 3.63) is 12.5 Å². The second-order valence-corrected chi connectivity index (χ2v) is 1.15. The monoisotopic (exact) mass is 123 g/mol. The molecule has 32 valence electrons. The number of hydrogen-bond donors (Lipinski definition) is 0. The van der Waals surface area contributed by atoms with Gasteiger partial charge in [0, 0.05) is 0 Å². The van der Waals surface area contributed by atoms with Crippen LogP contribution in [0.2, 0.25) is 0 Å². The van der Waals surface area contributed by atoms with Crippen molar-refractivity contribution in [3.8, 4) is 0 Å². The van der Waals surface area contributed by atoms with E-state index in [4.69, 9.17) is 0 Å². The fourth-order valence-corrected chi connectivity index (χ4v) is 0.327. The molecular formula is C3H2NNaOS. The van der Waals surface area contributed by atoms with Crippen LogP contribution in [0.1, 0.15) is 0 Å². The van der Waals surface area contributed by atoms with E-state index in [0.29, 0.717) is 5.22 Å². The molecule has 0 radical (unpaired) electrons. The Morgan fingerprint density at radius 2 is 2.43 bits per heavy atom. The van der Waals surface area contributed by atoms with Crippen molar-refractivity contribution in [1.82, 2.24) is 4.98 Å². The second-order valence-electron chi connectivity index (χ2n) is 0.798. The van der Waals surface area contributed by atoms with E-state index in [-0.39, 0.29) is 29.6 Å². The Kier molecular flexibility index (Phi) is 3.65. The molecule has 0 saturated carbocycles. The molecule has 0 aliphatic heterocycles. The van der Waals surface area contributed by atoms with Crippen molar-refractivity contribution >= 4 is 12.6 Å². The largest absolute Gasteiger partial charge is 1.00 e. The van der Waals surface area contributed by atoms with E-state index < -0.39 is 0 Å². The minimum absolute atomic E-state index is 0. The molecule has 0 spiro atoms. The molecule has 0 fully saturated rings. The zero-order valence-corrected chi connectivity index (χ0v) is 6.73. The standard InChI is InChI=1S/C3H3NOS.Na/c6-3-4-1-2-5-3;/h1-2H,(H,4,6);/q;+1/p-1. The van der Waals surface area contributed by atoms with Crippen LogP contribution < -0.4 is 29.6 Å². The molecule has 4 heteroatoms. The van der Waals surface area contributed by atoms with E-state index in [1.807, 2.05) is 0 Å². The summed E-state index contributed by atoms with van der Waals surface area (Å²) in [7, 11) is 0. The molecule has 1 aromatic heterocycles. The molecule has 0 N–H and O–H groups in total. The van der Waals surface area contributed by atoms with Crippen LogP contribution in [0, 0.1) is 0 Å². The third-order valence-electron chi connectivity index (χ3n) is 0.410. The van der Waals surface area contributed by atoms with Crippen LogP contribution in [-0.4, -0.2) is 4.98 Å². The van der Waals surface area contributed by atoms with Crippen molar-refractivity contribution in [3.63, 3.8) is 0 Å². The van der Waals surface area contributed by atoms with Gasteiger partial charge in [-0.05, 0) is 0 Å². The molecule has 1 rings (SSSR count). The maximum Gasteiger partial charge on any atom is 1.00 e. The van der Waals surface area contributed by atoms with Gasteiger partial charge in [0.2, 0.25) is 0 Å². The van der Waals surface area contributed by atoms with E-state index in [2.05, 4.69) is 22.0 Å². The average molecular weight is 123 g/mol. The second kappa shape index (κ2) is 3.43. The molecule has 0 aliphatic rings. The maximum absolute atomic E-state index is 4.54. The molecule has 0 bridgehead atoms. The Labute approximate surface area is 69.0 Å². The molecule has 1 aromatic rings. The van der Waals surface area contributed by atoms with Gasteiger partial charge in [0.05, 0.1) is 11.4 Å². The first-order valence-corrected chi connectivity index (χ1v) is 1.87. The minimum atomic E-state index is 0. The number of nitrogens with zero attached hydrogens (tertiary/aromatic N) is 1. The van der Waals surface area contributed by atoms with Gasteiger partial charge >= 0.3 is 29.6 Å². The summed E-state index contributed by atoms with van der Waals surface area (Å²) in [6.07, 6.45) is 2.96. The molecule has 0 unspecified atom stereocenters. The molecule has 0 aromatic carbocycles. The van der Waals surface area contributed by atoms with Crippen LogP contribution >= 0.6 is 0 Å². The summed E-state index contributed by atoms with van der Waals surface area (Å²) in [5.41, 5.74) is 0. The van der Waals surface area contributed by atoms with Gasteiger partial charge < -0.3 is 17.0 Å². The summed E-state index contributed by atoms with van der Waals surface area (Å²) in [5, 5.41) is 0.301. The molecular weight excluding hydrogens is 121 g/mol. The predicted molar refractivity (Wildman–Crippen MR) is 22.1 cm³/mol. The van der Waals surface area contributed by atoms with Crippen LogP contribution in [0.3, 0.4) is 0 Å².